The van der Waals surface area contributed by atoms with E-state index in [-0.39, 0.29) is 16.3 Å². The summed E-state index contributed by atoms with van der Waals surface area (Å²) in [5, 5.41) is 59.2. The van der Waals surface area contributed by atoms with Crippen LogP contribution >= 0.6 is 32.9 Å². The van der Waals surface area contributed by atoms with Crippen molar-refractivity contribution in [1.82, 2.24) is 102 Å². The van der Waals surface area contributed by atoms with Crippen molar-refractivity contribution in [2.24, 2.45) is 0 Å². The SMILES string of the molecule is [C-]#[N+]CCOP(C)C.[C-]#[N+]CCOP(C)C.[C-]#[N+]CCOP(C)n1ncnn1.[C-]#[N+]CCO[PH+](C)n1ncnn1.c1nn[nH]n1.c1nn[nH]n1.c1nnn[n-]1. The summed E-state index contributed by atoms with van der Waals surface area (Å²) in [5.41, 5.74) is 0. The standard InChI is InChI=1S/2C5H8N5OP.2C5H10NOP.2CH2N4.CHN4/c2*1-6-3-4-11-12(2)10-8-5-7-9-10;2*1-6-4-5-7-8(2)3;3*1-2-4-5-3-1/h2*5H,3-4H2,2H3;2*4-5H2,2-3H3;2*1H,(H,2,3,4,5);1H/q;;;;;;-1/p+1. The molecule has 0 saturated carbocycles. The summed E-state index contributed by atoms with van der Waals surface area (Å²) in [6.07, 6.45) is 6.67. The van der Waals surface area contributed by atoms with Gasteiger partial charge in [0.15, 0.2) is 40.2 Å². The molecule has 5 aromatic rings. The second kappa shape index (κ2) is 41.6. The lowest BCUT2D eigenvalue weighted by atomic mass is 10.7. The van der Waals surface area contributed by atoms with Crippen LogP contribution in [0.5, 0.6) is 0 Å². The molecule has 0 bridgehead atoms. The highest BCUT2D eigenvalue weighted by Crippen LogP contribution is 2.31. The van der Waals surface area contributed by atoms with Crippen LogP contribution in [0.25, 0.3) is 19.4 Å². The van der Waals surface area contributed by atoms with Crippen LogP contribution in [-0.2, 0) is 18.1 Å². The van der Waals surface area contributed by atoms with Gasteiger partial charge in [-0.25, -0.2) is 30.8 Å². The molecular weight excluding hydrogens is 800 g/mol. The first-order valence-corrected chi connectivity index (χ1v) is 22.7. The van der Waals surface area contributed by atoms with Gasteiger partial charge in [-0.2, -0.15) is 15.6 Å². The molecule has 0 saturated heterocycles. The van der Waals surface area contributed by atoms with Gasteiger partial charge in [0.05, 0.1) is 6.66 Å². The lowest BCUT2D eigenvalue weighted by Crippen LogP contribution is -2.01. The first kappa shape index (κ1) is 52.0. The minimum atomic E-state index is -1.21. The summed E-state index contributed by atoms with van der Waals surface area (Å²) in [4.78, 5) is 12.6. The van der Waals surface area contributed by atoms with Crippen molar-refractivity contribution in [3.05, 3.63) is 77.3 Å². The molecular formula is C23H42N24O4P4. The molecule has 5 aromatic heterocycles. The molecule has 0 fully saturated rings. The average molecular weight is 843 g/mol. The van der Waals surface area contributed by atoms with Crippen LogP contribution in [0, 0.1) is 26.3 Å². The smallest absolute Gasteiger partial charge is 0.270 e. The molecule has 5 rings (SSSR count). The highest BCUT2D eigenvalue weighted by atomic mass is 31.2. The maximum Gasteiger partial charge on any atom is 0.270 e. The molecule has 5 heterocycles. The molecule has 2 atom stereocenters. The number of H-pyrrole nitrogens is 2. The topological polar surface area (TPSA) is 303 Å². The highest BCUT2D eigenvalue weighted by Gasteiger charge is 2.15. The quantitative estimate of drug-likeness (QED) is 0.0892. The Morgan fingerprint density at radius 3 is 1.49 bits per heavy atom. The molecule has 0 amide bonds. The summed E-state index contributed by atoms with van der Waals surface area (Å²) in [7, 11) is -2.58. The Hall–Kier alpha value is -5.13. The number of tetrazole rings is 5. The van der Waals surface area contributed by atoms with Gasteiger partial charge in [0.2, 0.25) is 26.2 Å². The van der Waals surface area contributed by atoms with E-state index in [0.29, 0.717) is 52.6 Å². The molecule has 0 aromatic carbocycles. The molecule has 298 valence electrons. The van der Waals surface area contributed by atoms with Crippen LogP contribution in [-0.4, -0.2) is 189 Å². The van der Waals surface area contributed by atoms with Crippen molar-refractivity contribution in [2.75, 3.05) is 92.6 Å². The van der Waals surface area contributed by atoms with E-state index in [1.165, 1.54) is 40.8 Å². The van der Waals surface area contributed by atoms with E-state index >= 15 is 0 Å². The second-order valence-corrected chi connectivity index (χ2v) is 15.6. The van der Waals surface area contributed by atoms with Crippen LogP contribution in [0.4, 0.5) is 0 Å². The fourth-order valence-electron chi connectivity index (χ4n) is 2.08. The number of rotatable bonds is 14. The normalized spacial score (nSPS) is 10.3. The Labute approximate surface area is 322 Å². The van der Waals surface area contributed by atoms with Crippen LogP contribution in [0.15, 0.2) is 31.6 Å². The Morgan fingerprint density at radius 2 is 1.16 bits per heavy atom. The van der Waals surface area contributed by atoms with Crippen molar-refractivity contribution >= 4 is 32.9 Å². The average Bonchev–Trinajstić information content (AvgIpc) is 4.04. The zero-order valence-corrected chi connectivity index (χ0v) is 34.5. The number of aromatic amines is 2. The minimum absolute atomic E-state index is 0.255. The summed E-state index contributed by atoms with van der Waals surface area (Å²) in [6, 6.07) is 0. The molecule has 2 N–H and O–H groups in total. The van der Waals surface area contributed by atoms with E-state index < -0.39 is 16.6 Å². The predicted molar refractivity (Wildman–Crippen MR) is 202 cm³/mol. The van der Waals surface area contributed by atoms with Crippen molar-refractivity contribution in [3.8, 4) is 0 Å². The fourth-order valence-corrected chi connectivity index (χ4v) is 4.67. The zero-order chi connectivity index (χ0) is 41.0. The highest BCUT2D eigenvalue weighted by molar-refractivity contribution is 7.51. The number of hydrogen-bond acceptors (Lipinski definition) is 19. The van der Waals surface area contributed by atoms with Gasteiger partial charge in [-0.3, -0.25) is 10.3 Å². The molecule has 0 radical (unpaired) electrons. The largest absolute Gasteiger partial charge is 0.352 e. The third-order valence-corrected chi connectivity index (χ3v) is 8.14. The summed E-state index contributed by atoms with van der Waals surface area (Å²) < 4.78 is 23.7. The van der Waals surface area contributed by atoms with Crippen LogP contribution < -0.4 is 5.10 Å². The van der Waals surface area contributed by atoms with E-state index in [1.807, 2.05) is 40.0 Å². The van der Waals surface area contributed by atoms with Gasteiger partial charge in [0, 0.05) is 23.0 Å². The van der Waals surface area contributed by atoms with Crippen LogP contribution in [0.3, 0.4) is 0 Å². The molecule has 28 nitrogen and oxygen atoms in total. The van der Waals surface area contributed by atoms with Gasteiger partial charge in [-0.1, -0.05) is 10.4 Å². The van der Waals surface area contributed by atoms with E-state index in [2.05, 4.69) is 112 Å². The third-order valence-electron chi connectivity index (χ3n) is 4.11. The Balaban J connectivity index is 0. The number of nitrogens with one attached hydrogen (secondary N) is 2. The van der Waals surface area contributed by atoms with Crippen LogP contribution in [0.2, 0.25) is 0 Å². The second-order valence-electron chi connectivity index (χ2n) is 8.56. The first-order valence-electron chi connectivity index (χ1n) is 14.9. The van der Waals surface area contributed by atoms with Gasteiger partial charge in [-0.05, 0) is 48.0 Å². The Morgan fingerprint density at radius 1 is 0.655 bits per heavy atom. The lowest BCUT2D eigenvalue weighted by molar-refractivity contribution is 0.365. The monoisotopic (exact) mass is 842 g/mol. The number of aromatic nitrogens is 20. The maximum atomic E-state index is 6.53. The third kappa shape index (κ3) is 39.9. The number of nitrogens with zero attached hydrogens (tertiary/aromatic N) is 22. The van der Waals surface area contributed by atoms with E-state index in [9.17, 15) is 0 Å². The molecule has 0 spiro atoms. The van der Waals surface area contributed by atoms with E-state index in [0.717, 1.165) is 0 Å². The number of hydrogen-bond donors (Lipinski definition) is 2. The fraction of sp³-hybridized carbons (Fsp3) is 0.609. The molecule has 2 unspecified atom stereocenters. The summed E-state index contributed by atoms with van der Waals surface area (Å²) >= 11 is 0. The Bertz CT molecular complexity index is 1380. The lowest BCUT2D eigenvalue weighted by Gasteiger charge is -2.06. The zero-order valence-electron chi connectivity index (χ0n) is 30.9. The van der Waals surface area contributed by atoms with Crippen LogP contribution in [0.1, 0.15) is 0 Å². The first-order chi connectivity index (χ1) is 26.7. The van der Waals surface area contributed by atoms with Crippen molar-refractivity contribution in [1.29, 1.82) is 0 Å². The maximum absolute atomic E-state index is 6.53. The van der Waals surface area contributed by atoms with Gasteiger partial charge < -0.3 is 38.0 Å². The molecule has 32 heteroatoms. The molecule has 0 aliphatic rings. The van der Waals surface area contributed by atoms with E-state index in [4.69, 9.17) is 44.4 Å². The minimum Gasteiger partial charge on any atom is -0.352 e. The molecule has 0 aliphatic carbocycles. The molecule has 55 heavy (non-hydrogen) atoms. The molecule has 0 aliphatic heterocycles. The van der Waals surface area contributed by atoms with Gasteiger partial charge in [0.25, 0.3) is 8.30 Å². The van der Waals surface area contributed by atoms with Gasteiger partial charge in [0.1, 0.15) is 19.8 Å². The van der Waals surface area contributed by atoms with E-state index in [1.54, 1.807) is 0 Å². The predicted octanol–water partition coefficient (Wildman–Crippen LogP) is 0.916. The summed E-state index contributed by atoms with van der Waals surface area (Å²) in [6.45, 7) is 41.5. The van der Waals surface area contributed by atoms with Crippen molar-refractivity contribution < 1.29 is 18.1 Å². The van der Waals surface area contributed by atoms with Crippen molar-refractivity contribution in [2.45, 2.75) is 0 Å². The van der Waals surface area contributed by atoms with Gasteiger partial charge in [-0.15, -0.1) is 45.4 Å². The van der Waals surface area contributed by atoms with Gasteiger partial charge >= 0.3 is 0 Å². The summed E-state index contributed by atoms with van der Waals surface area (Å²) in [5.74, 6) is 0. The van der Waals surface area contributed by atoms with Crippen molar-refractivity contribution in [3.63, 3.8) is 0 Å². The Kier molecular flexibility index (Phi) is 39.3.